The van der Waals surface area contributed by atoms with Crippen molar-refractivity contribution in [2.75, 3.05) is 13.2 Å². The smallest absolute Gasteiger partial charge is 0.123 e. The van der Waals surface area contributed by atoms with Gasteiger partial charge in [-0.05, 0) is 18.6 Å². The second-order valence-corrected chi connectivity index (χ2v) is 3.87. The van der Waals surface area contributed by atoms with Gasteiger partial charge in [0.15, 0.2) is 0 Å². The third-order valence-electron chi connectivity index (χ3n) is 2.42. The lowest BCUT2D eigenvalue weighted by Gasteiger charge is -2.10. The van der Waals surface area contributed by atoms with Crippen LogP contribution < -0.4 is 4.74 Å². The third-order valence-corrected chi connectivity index (χ3v) is 2.42. The second-order valence-electron chi connectivity index (χ2n) is 3.87. The molecule has 2 nitrogen and oxygen atoms in total. The zero-order valence-corrected chi connectivity index (χ0v) is 9.03. The van der Waals surface area contributed by atoms with Crippen LogP contribution in [-0.4, -0.2) is 19.3 Å². The Morgan fingerprint density at radius 3 is 3.07 bits per heavy atom. The maximum atomic E-state index is 5.60. The van der Waals surface area contributed by atoms with Crippen LogP contribution in [0.4, 0.5) is 0 Å². The van der Waals surface area contributed by atoms with Gasteiger partial charge in [-0.2, -0.15) is 0 Å². The van der Waals surface area contributed by atoms with Crippen molar-refractivity contribution in [2.24, 2.45) is 0 Å². The first-order valence-electron chi connectivity index (χ1n) is 5.24. The highest BCUT2D eigenvalue weighted by Gasteiger charge is 2.24. The molecule has 1 aromatic rings. The predicted octanol–water partition coefficient (Wildman–Crippen LogP) is 2.50. The molecule has 0 aliphatic carbocycles. The zero-order valence-electron chi connectivity index (χ0n) is 9.03. The molecule has 1 atom stereocenters. The number of rotatable bonds is 5. The molecule has 15 heavy (non-hydrogen) atoms. The van der Waals surface area contributed by atoms with Crippen LogP contribution in [0.1, 0.15) is 11.1 Å². The van der Waals surface area contributed by atoms with Gasteiger partial charge < -0.3 is 9.47 Å². The van der Waals surface area contributed by atoms with Gasteiger partial charge in [0.1, 0.15) is 12.4 Å². The van der Waals surface area contributed by atoms with Gasteiger partial charge in [-0.1, -0.05) is 30.4 Å². The third kappa shape index (κ3) is 2.83. The molecule has 80 valence electrons. The molecule has 1 heterocycles. The van der Waals surface area contributed by atoms with E-state index >= 15 is 0 Å². The quantitative estimate of drug-likeness (QED) is 0.543. The Hall–Kier alpha value is -1.28. The fourth-order valence-corrected chi connectivity index (χ4v) is 1.59. The summed E-state index contributed by atoms with van der Waals surface area (Å²) >= 11 is 0. The molecule has 0 N–H and O–H groups in total. The van der Waals surface area contributed by atoms with E-state index in [4.69, 9.17) is 9.47 Å². The zero-order chi connectivity index (χ0) is 10.7. The first-order valence-corrected chi connectivity index (χ1v) is 5.24. The van der Waals surface area contributed by atoms with E-state index in [0.29, 0.717) is 12.7 Å². The van der Waals surface area contributed by atoms with Gasteiger partial charge in [-0.15, -0.1) is 0 Å². The topological polar surface area (TPSA) is 21.8 Å². The van der Waals surface area contributed by atoms with E-state index in [2.05, 4.69) is 25.6 Å². The van der Waals surface area contributed by atoms with E-state index in [0.717, 1.165) is 18.8 Å². The molecular weight excluding hydrogens is 188 g/mol. The van der Waals surface area contributed by atoms with Crippen molar-refractivity contribution >= 4 is 0 Å². The summed E-state index contributed by atoms with van der Waals surface area (Å²) in [7, 11) is 0. The summed E-state index contributed by atoms with van der Waals surface area (Å²) in [5.74, 6) is 0.955. The van der Waals surface area contributed by atoms with Gasteiger partial charge >= 0.3 is 0 Å². The van der Waals surface area contributed by atoms with Gasteiger partial charge in [0.2, 0.25) is 0 Å². The van der Waals surface area contributed by atoms with Gasteiger partial charge in [-0.25, -0.2) is 0 Å². The fourth-order valence-electron chi connectivity index (χ4n) is 1.59. The number of epoxide rings is 1. The normalized spacial score (nSPS) is 18.6. The number of ether oxygens (including phenoxy) is 2. The Kier molecular flexibility index (Phi) is 3.07. The van der Waals surface area contributed by atoms with Crippen LogP contribution in [0.3, 0.4) is 0 Å². The SMILES string of the molecule is C=CCOc1ccc(C)cc1CC1CO1. The van der Waals surface area contributed by atoms with Crippen molar-refractivity contribution in [3.8, 4) is 5.75 Å². The number of hydrogen-bond acceptors (Lipinski definition) is 2. The summed E-state index contributed by atoms with van der Waals surface area (Å²) in [5.41, 5.74) is 2.50. The van der Waals surface area contributed by atoms with E-state index in [9.17, 15) is 0 Å². The molecule has 0 saturated carbocycles. The Labute approximate surface area is 90.5 Å². The van der Waals surface area contributed by atoms with Crippen molar-refractivity contribution < 1.29 is 9.47 Å². The van der Waals surface area contributed by atoms with Crippen molar-refractivity contribution in [1.82, 2.24) is 0 Å². The Balaban J connectivity index is 2.13. The van der Waals surface area contributed by atoms with E-state index in [1.165, 1.54) is 11.1 Å². The van der Waals surface area contributed by atoms with Crippen molar-refractivity contribution in [2.45, 2.75) is 19.4 Å². The van der Waals surface area contributed by atoms with Crippen LogP contribution >= 0.6 is 0 Å². The van der Waals surface area contributed by atoms with E-state index < -0.39 is 0 Å². The minimum absolute atomic E-state index is 0.401. The van der Waals surface area contributed by atoms with Crippen molar-refractivity contribution in [1.29, 1.82) is 0 Å². The maximum Gasteiger partial charge on any atom is 0.123 e. The molecule has 1 aliphatic rings. The molecule has 1 aliphatic heterocycles. The molecule has 0 amide bonds. The van der Waals surface area contributed by atoms with Crippen molar-refractivity contribution in [3.05, 3.63) is 42.0 Å². The van der Waals surface area contributed by atoms with Crippen LogP contribution in [0.2, 0.25) is 0 Å². The molecule has 1 unspecified atom stereocenters. The van der Waals surface area contributed by atoms with E-state index in [-0.39, 0.29) is 0 Å². The molecular formula is C13H16O2. The summed E-state index contributed by atoms with van der Waals surface area (Å²) in [6.07, 6.45) is 3.11. The van der Waals surface area contributed by atoms with E-state index in [1.54, 1.807) is 6.08 Å². The lowest BCUT2D eigenvalue weighted by atomic mass is 10.1. The Bertz CT molecular complexity index is 354. The summed E-state index contributed by atoms with van der Waals surface area (Å²) < 4.78 is 10.8. The number of hydrogen-bond donors (Lipinski definition) is 0. The number of aryl methyl sites for hydroxylation is 1. The monoisotopic (exact) mass is 204 g/mol. The highest BCUT2D eigenvalue weighted by atomic mass is 16.6. The molecule has 1 fully saturated rings. The molecule has 2 rings (SSSR count). The fraction of sp³-hybridized carbons (Fsp3) is 0.385. The van der Waals surface area contributed by atoms with Crippen LogP contribution in [0, 0.1) is 6.92 Å². The van der Waals surface area contributed by atoms with Gasteiger partial charge in [-0.3, -0.25) is 0 Å². The standard InChI is InChI=1S/C13H16O2/c1-3-6-14-13-5-4-10(2)7-11(13)8-12-9-15-12/h3-5,7,12H,1,6,8-9H2,2H3. The maximum absolute atomic E-state index is 5.60. The highest BCUT2D eigenvalue weighted by molar-refractivity contribution is 5.37. The second kappa shape index (κ2) is 4.49. The van der Waals surface area contributed by atoms with Crippen LogP contribution in [0.15, 0.2) is 30.9 Å². The average Bonchev–Trinajstić information content (AvgIpc) is 3.01. The molecule has 1 aromatic carbocycles. The lowest BCUT2D eigenvalue weighted by molar-refractivity contribution is 0.354. The van der Waals surface area contributed by atoms with Crippen molar-refractivity contribution in [3.63, 3.8) is 0 Å². The lowest BCUT2D eigenvalue weighted by Crippen LogP contribution is -2.01. The molecule has 0 bridgehead atoms. The molecule has 2 heteroatoms. The van der Waals surface area contributed by atoms with Crippen LogP contribution in [0.5, 0.6) is 5.75 Å². The van der Waals surface area contributed by atoms with Gasteiger partial charge in [0, 0.05) is 6.42 Å². The molecule has 0 aromatic heterocycles. The highest BCUT2D eigenvalue weighted by Crippen LogP contribution is 2.25. The average molecular weight is 204 g/mol. The summed E-state index contributed by atoms with van der Waals surface area (Å²) in [6.45, 7) is 7.18. The first kappa shape index (κ1) is 10.2. The Morgan fingerprint density at radius 1 is 1.60 bits per heavy atom. The van der Waals surface area contributed by atoms with E-state index in [1.807, 2.05) is 6.07 Å². The van der Waals surface area contributed by atoms with Crippen LogP contribution in [-0.2, 0) is 11.2 Å². The summed E-state index contributed by atoms with van der Waals surface area (Å²) in [5, 5.41) is 0. The van der Waals surface area contributed by atoms with Gasteiger partial charge in [0.25, 0.3) is 0 Å². The molecule has 1 saturated heterocycles. The number of benzene rings is 1. The molecule has 0 radical (unpaired) electrons. The van der Waals surface area contributed by atoms with Gasteiger partial charge in [0.05, 0.1) is 12.7 Å². The Morgan fingerprint density at radius 2 is 2.40 bits per heavy atom. The first-order chi connectivity index (χ1) is 7.29. The summed E-state index contributed by atoms with van der Waals surface area (Å²) in [4.78, 5) is 0. The summed E-state index contributed by atoms with van der Waals surface area (Å²) in [6, 6.07) is 6.26. The largest absolute Gasteiger partial charge is 0.489 e. The predicted molar refractivity (Wildman–Crippen MR) is 60.3 cm³/mol. The molecule has 0 spiro atoms. The van der Waals surface area contributed by atoms with Crippen LogP contribution in [0.25, 0.3) is 0 Å². The minimum Gasteiger partial charge on any atom is -0.489 e. The minimum atomic E-state index is 0.401.